The molecular formula is C12H21N5O. The minimum Gasteiger partial charge on any atom is -0.341 e. The fourth-order valence-electron chi connectivity index (χ4n) is 2.16. The van der Waals surface area contributed by atoms with E-state index >= 15 is 0 Å². The van der Waals surface area contributed by atoms with E-state index in [1.165, 1.54) is 12.8 Å². The minimum atomic E-state index is -0.146. The van der Waals surface area contributed by atoms with Crippen molar-refractivity contribution in [2.24, 2.45) is 5.73 Å². The molecule has 6 heteroatoms. The maximum Gasteiger partial charge on any atom is 0.244 e. The third-order valence-corrected chi connectivity index (χ3v) is 3.28. The van der Waals surface area contributed by atoms with Gasteiger partial charge in [-0.3, -0.25) is 4.79 Å². The lowest BCUT2D eigenvalue weighted by Gasteiger charge is -2.19. The zero-order valence-electron chi connectivity index (χ0n) is 10.9. The lowest BCUT2D eigenvalue weighted by molar-refractivity contribution is -0.132. The van der Waals surface area contributed by atoms with E-state index in [1.807, 2.05) is 11.8 Å². The normalized spacial score (nSPS) is 18.4. The standard InChI is InChI=1S/C12H21N5O/c1-10(13)11-8-17(15-14-11)9-12(18)16-6-4-2-3-5-7-16/h8,10H,2-7,9,13H2,1H3. The fraction of sp³-hybridized carbons (Fsp3) is 0.750. The number of amides is 1. The molecule has 1 atom stereocenters. The van der Waals surface area contributed by atoms with Gasteiger partial charge in [0.05, 0.1) is 11.9 Å². The molecule has 0 saturated carbocycles. The average molecular weight is 251 g/mol. The van der Waals surface area contributed by atoms with Crippen molar-refractivity contribution in [1.82, 2.24) is 19.9 Å². The van der Waals surface area contributed by atoms with E-state index in [9.17, 15) is 4.79 Å². The smallest absolute Gasteiger partial charge is 0.244 e. The highest BCUT2D eigenvalue weighted by atomic mass is 16.2. The van der Waals surface area contributed by atoms with Crippen molar-refractivity contribution >= 4 is 5.91 Å². The first-order valence-electron chi connectivity index (χ1n) is 6.60. The van der Waals surface area contributed by atoms with Crippen LogP contribution in [0.1, 0.15) is 44.3 Å². The van der Waals surface area contributed by atoms with Crippen LogP contribution in [-0.2, 0) is 11.3 Å². The molecule has 6 nitrogen and oxygen atoms in total. The Morgan fingerprint density at radius 1 is 1.39 bits per heavy atom. The number of carbonyl (C=O) groups excluding carboxylic acids is 1. The van der Waals surface area contributed by atoms with Gasteiger partial charge in [0.2, 0.25) is 5.91 Å². The topological polar surface area (TPSA) is 77.0 Å². The van der Waals surface area contributed by atoms with Crippen LogP contribution >= 0.6 is 0 Å². The summed E-state index contributed by atoms with van der Waals surface area (Å²) in [6, 6.07) is -0.146. The molecule has 1 aromatic rings. The Hall–Kier alpha value is -1.43. The summed E-state index contributed by atoms with van der Waals surface area (Å²) in [6.07, 6.45) is 6.41. The van der Waals surface area contributed by atoms with Gasteiger partial charge in [-0.1, -0.05) is 18.1 Å². The molecule has 1 fully saturated rings. The van der Waals surface area contributed by atoms with Gasteiger partial charge in [0.1, 0.15) is 6.54 Å². The van der Waals surface area contributed by atoms with Gasteiger partial charge in [-0.15, -0.1) is 5.10 Å². The number of likely N-dealkylation sites (tertiary alicyclic amines) is 1. The monoisotopic (exact) mass is 251 g/mol. The molecule has 0 radical (unpaired) electrons. The average Bonchev–Trinajstić information content (AvgIpc) is 2.64. The van der Waals surface area contributed by atoms with Crippen LogP contribution < -0.4 is 5.73 Å². The van der Waals surface area contributed by atoms with Crippen molar-refractivity contribution in [2.45, 2.75) is 45.2 Å². The molecule has 2 heterocycles. The van der Waals surface area contributed by atoms with Crippen LogP contribution in [0.15, 0.2) is 6.20 Å². The molecule has 1 saturated heterocycles. The molecule has 18 heavy (non-hydrogen) atoms. The fourth-order valence-corrected chi connectivity index (χ4v) is 2.16. The highest BCUT2D eigenvalue weighted by Crippen LogP contribution is 2.10. The molecule has 100 valence electrons. The second-order valence-corrected chi connectivity index (χ2v) is 4.92. The van der Waals surface area contributed by atoms with Crippen LogP contribution in [0.5, 0.6) is 0 Å². The van der Waals surface area contributed by atoms with E-state index in [-0.39, 0.29) is 18.5 Å². The molecule has 1 aliphatic heterocycles. The Morgan fingerprint density at radius 2 is 2.06 bits per heavy atom. The van der Waals surface area contributed by atoms with E-state index in [0.29, 0.717) is 0 Å². The first kappa shape index (κ1) is 13.0. The SMILES string of the molecule is CC(N)c1cn(CC(=O)N2CCCCCC2)nn1. The summed E-state index contributed by atoms with van der Waals surface area (Å²) in [5.74, 6) is 0.123. The van der Waals surface area contributed by atoms with Crippen molar-refractivity contribution in [2.75, 3.05) is 13.1 Å². The number of aromatic nitrogens is 3. The summed E-state index contributed by atoms with van der Waals surface area (Å²) >= 11 is 0. The van der Waals surface area contributed by atoms with Crippen LogP contribution in [0.2, 0.25) is 0 Å². The van der Waals surface area contributed by atoms with Gasteiger partial charge in [-0.05, 0) is 19.8 Å². The van der Waals surface area contributed by atoms with Gasteiger partial charge in [0.15, 0.2) is 0 Å². The Bertz CT molecular complexity index is 393. The molecule has 0 aromatic carbocycles. The second-order valence-electron chi connectivity index (χ2n) is 4.92. The van der Waals surface area contributed by atoms with Gasteiger partial charge < -0.3 is 10.6 Å². The van der Waals surface area contributed by atoms with Gasteiger partial charge in [-0.2, -0.15) is 0 Å². The number of carbonyl (C=O) groups is 1. The number of nitrogens with two attached hydrogens (primary N) is 1. The highest BCUT2D eigenvalue weighted by Gasteiger charge is 2.16. The maximum absolute atomic E-state index is 12.1. The second kappa shape index (κ2) is 5.95. The van der Waals surface area contributed by atoms with Gasteiger partial charge in [0.25, 0.3) is 0 Å². The summed E-state index contributed by atoms with van der Waals surface area (Å²) in [6.45, 7) is 3.85. The van der Waals surface area contributed by atoms with E-state index in [2.05, 4.69) is 10.3 Å². The predicted octanol–water partition coefficient (Wildman–Crippen LogP) is 0.700. The first-order chi connectivity index (χ1) is 8.66. The lowest BCUT2D eigenvalue weighted by atomic mass is 10.2. The Labute approximate surface area is 107 Å². The van der Waals surface area contributed by atoms with E-state index in [0.717, 1.165) is 31.6 Å². The van der Waals surface area contributed by atoms with Crippen LogP contribution in [0, 0.1) is 0 Å². The summed E-state index contributed by atoms with van der Waals surface area (Å²) < 4.78 is 1.58. The molecular weight excluding hydrogens is 230 g/mol. The highest BCUT2D eigenvalue weighted by molar-refractivity contribution is 5.75. The Morgan fingerprint density at radius 3 is 2.61 bits per heavy atom. The van der Waals surface area contributed by atoms with Crippen molar-refractivity contribution in [3.8, 4) is 0 Å². The number of hydrogen-bond acceptors (Lipinski definition) is 4. The minimum absolute atomic E-state index is 0.123. The Balaban J connectivity index is 1.92. The van der Waals surface area contributed by atoms with Crippen LogP contribution in [0.3, 0.4) is 0 Å². The molecule has 1 amide bonds. The largest absolute Gasteiger partial charge is 0.341 e. The van der Waals surface area contributed by atoms with Crippen molar-refractivity contribution in [3.05, 3.63) is 11.9 Å². The quantitative estimate of drug-likeness (QED) is 0.858. The number of rotatable bonds is 3. The van der Waals surface area contributed by atoms with E-state index in [1.54, 1.807) is 10.9 Å². The molecule has 0 aliphatic carbocycles. The first-order valence-corrected chi connectivity index (χ1v) is 6.60. The Kier molecular flexibility index (Phi) is 4.30. The molecule has 1 aliphatic rings. The third-order valence-electron chi connectivity index (χ3n) is 3.28. The molecule has 0 bridgehead atoms. The summed E-state index contributed by atoms with van der Waals surface area (Å²) in [4.78, 5) is 14.0. The van der Waals surface area contributed by atoms with E-state index in [4.69, 9.17) is 5.73 Å². The zero-order valence-corrected chi connectivity index (χ0v) is 10.9. The van der Waals surface area contributed by atoms with Gasteiger partial charge in [-0.25, -0.2) is 4.68 Å². The van der Waals surface area contributed by atoms with Crippen LogP contribution in [0.4, 0.5) is 0 Å². The maximum atomic E-state index is 12.1. The molecule has 1 unspecified atom stereocenters. The third kappa shape index (κ3) is 3.29. The number of nitrogens with zero attached hydrogens (tertiary/aromatic N) is 4. The molecule has 2 rings (SSSR count). The van der Waals surface area contributed by atoms with Gasteiger partial charge in [0, 0.05) is 19.1 Å². The molecule has 1 aromatic heterocycles. The summed E-state index contributed by atoms with van der Waals surface area (Å²) in [5.41, 5.74) is 6.43. The molecule has 2 N–H and O–H groups in total. The summed E-state index contributed by atoms with van der Waals surface area (Å²) in [5, 5.41) is 7.88. The van der Waals surface area contributed by atoms with Crippen molar-refractivity contribution in [3.63, 3.8) is 0 Å². The number of hydrogen-bond donors (Lipinski definition) is 1. The molecule has 0 spiro atoms. The zero-order chi connectivity index (χ0) is 13.0. The van der Waals surface area contributed by atoms with Crippen molar-refractivity contribution < 1.29 is 4.79 Å². The van der Waals surface area contributed by atoms with Crippen molar-refractivity contribution in [1.29, 1.82) is 0 Å². The summed E-state index contributed by atoms with van der Waals surface area (Å²) in [7, 11) is 0. The predicted molar refractivity (Wildman–Crippen MR) is 67.7 cm³/mol. The van der Waals surface area contributed by atoms with E-state index < -0.39 is 0 Å². The lowest BCUT2D eigenvalue weighted by Crippen LogP contribution is -2.34. The van der Waals surface area contributed by atoms with Gasteiger partial charge >= 0.3 is 0 Å². The van der Waals surface area contributed by atoms with Crippen LogP contribution in [-0.4, -0.2) is 38.9 Å². The van der Waals surface area contributed by atoms with Crippen LogP contribution in [0.25, 0.3) is 0 Å².